The molecule has 0 spiro atoms. The highest BCUT2D eigenvalue weighted by molar-refractivity contribution is 6.01. The molecule has 0 aliphatic carbocycles. The van der Waals surface area contributed by atoms with E-state index in [1.165, 1.54) is 32.0 Å². The largest absolute Gasteiger partial charge is 0.505 e. The highest BCUT2D eigenvalue weighted by Crippen LogP contribution is 2.29. The van der Waals surface area contributed by atoms with E-state index < -0.39 is 65.8 Å². The monoisotopic (exact) mass is 548 g/mol. The Morgan fingerprint density at radius 3 is 2.36 bits per heavy atom. The Hall–Kier alpha value is -3.63. The highest BCUT2D eigenvalue weighted by Gasteiger charge is 2.44. The van der Waals surface area contributed by atoms with Crippen LogP contribution in [0.4, 0.5) is 5.69 Å². The summed E-state index contributed by atoms with van der Waals surface area (Å²) in [6, 6.07) is 2.70. The van der Waals surface area contributed by atoms with Gasteiger partial charge in [0.1, 0.15) is 12.2 Å². The molecule has 1 saturated heterocycles. The van der Waals surface area contributed by atoms with Crippen LogP contribution >= 0.6 is 0 Å². The summed E-state index contributed by atoms with van der Waals surface area (Å²) in [6.45, 7) is 10.5. The summed E-state index contributed by atoms with van der Waals surface area (Å²) in [7, 11) is 0. The lowest BCUT2D eigenvalue weighted by atomic mass is 9.91. The minimum absolute atomic E-state index is 0.00186. The van der Waals surface area contributed by atoms with Gasteiger partial charge in [0.2, 0.25) is 6.41 Å². The van der Waals surface area contributed by atoms with Crippen molar-refractivity contribution in [1.82, 2.24) is 5.32 Å². The minimum Gasteiger partial charge on any atom is -0.505 e. The van der Waals surface area contributed by atoms with E-state index in [2.05, 4.69) is 10.6 Å². The van der Waals surface area contributed by atoms with Gasteiger partial charge in [-0.15, -0.1) is 0 Å². The molecule has 0 radical (unpaired) electrons. The molecule has 1 aliphatic rings. The Labute approximate surface area is 228 Å². The van der Waals surface area contributed by atoms with Crippen molar-refractivity contribution in [3.8, 4) is 5.75 Å². The molecule has 1 heterocycles. The summed E-state index contributed by atoms with van der Waals surface area (Å²) in [6.07, 6.45) is -0.115. The van der Waals surface area contributed by atoms with Crippen LogP contribution in [0.15, 0.2) is 18.2 Å². The number of para-hydroxylation sites is 1. The van der Waals surface area contributed by atoms with Crippen LogP contribution in [0.25, 0.3) is 0 Å². The lowest BCUT2D eigenvalue weighted by Gasteiger charge is -2.30. The molecular weight excluding hydrogens is 508 g/mol. The van der Waals surface area contributed by atoms with E-state index in [0.29, 0.717) is 19.3 Å². The van der Waals surface area contributed by atoms with Gasteiger partial charge in [0.15, 0.2) is 17.9 Å². The van der Waals surface area contributed by atoms with E-state index in [1.54, 1.807) is 6.92 Å². The van der Waals surface area contributed by atoms with Crippen LogP contribution in [0.1, 0.15) is 77.6 Å². The van der Waals surface area contributed by atoms with Gasteiger partial charge in [0.05, 0.1) is 23.1 Å². The van der Waals surface area contributed by atoms with Crippen molar-refractivity contribution in [3.05, 3.63) is 23.8 Å². The molecule has 1 aliphatic heterocycles. The number of amides is 2. The van der Waals surface area contributed by atoms with Gasteiger partial charge in [-0.05, 0) is 38.3 Å². The molecule has 2 amide bonds. The van der Waals surface area contributed by atoms with Crippen molar-refractivity contribution in [3.63, 3.8) is 0 Å². The van der Waals surface area contributed by atoms with E-state index in [0.717, 1.165) is 12.8 Å². The molecule has 0 unspecified atom stereocenters. The molecule has 1 fully saturated rings. The zero-order chi connectivity index (χ0) is 29.3. The fourth-order valence-electron chi connectivity index (χ4n) is 4.21. The number of carbonyl (C=O) groups is 5. The first-order chi connectivity index (χ1) is 18.4. The number of carbonyl (C=O) groups excluding carboxylic acids is 5. The first-order valence-corrected chi connectivity index (χ1v) is 13.4. The maximum absolute atomic E-state index is 13.4. The van der Waals surface area contributed by atoms with E-state index >= 15 is 0 Å². The molecule has 0 aromatic heterocycles. The second-order valence-corrected chi connectivity index (χ2v) is 10.2. The fourth-order valence-corrected chi connectivity index (χ4v) is 4.21. The average molecular weight is 549 g/mol. The third-order valence-electron chi connectivity index (χ3n) is 7.01. The van der Waals surface area contributed by atoms with Gasteiger partial charge >= 0.3 is 17.9 Å². The predicted octanol–water partition coefficient (Wildman–Crippen LogP) is 3.34. The van der Waals surface area contributed by atoms with Crippen LogP contribution in [-0.4, -0.2) is 59.7 Å². The number of benzene rings is 1. The van der Waals surface area contributed by atoms with Gasteiger partial charge in [-0.2, -0.15) is 0 Å². The fraction of sp³-hybridized carbons (Fsp3) is 0.607. The quantitative estimate of drug-likeness (QED) is 0.124. The molecule has 11 heteroatoms. The maximum atomic E-state index is 13.4. The lowest BCUT2D eigenvalue weighted by Crippen LogP contribution is -2.50. The number of hydrogen-bond donors (Lipinski definition) is 3. The second kappa shape index (κ2) is 14.5. The summed E-state index contributed by atoms with van der Waals surface area (Å²) in [4.78, 5) is 63.2. The number of phenolic OH excluding ortho intramolecular Hbond substituents is 1. The van der Waals surface area contributed by atoms with E-state index in [4.69, 9.17) is 14.2 Å². The second-order valence-electron chi connectivity index (χ2n) is 10.2. The molecule has 11 nitrogen and oxygen atoms in total. The predicted molar refractivity (Wildman–Crippen MR) is 142 cm³/mol. The van der Waals surface area contributed by atoms with E-state index in [1.807, 2.05) is 20.8 Å². The van der Waals surface area contributed by atoms with Crippen LogP contribution in [0.2, 0.25) is 0 Å². The molecule has 1 aromatic carbocycles. The van der Waals surface area contributed by atoms with Gasteiger partial charge in [0, 0.05) is 0 Å². The van der Waals surface area contributed by atoms with Gasteiger partial charge in [0.25, 0.3) is 5.91 Å². The molecule has 6 atom stereocenters. The third kappa shape index (κ3) is 8.18. The lowest BCUT2D eigenvalue weighted by molar-refractivity contribution is -0.178. The summed E-state index contributed by atoms with van der Waals surface area (Å²) in [5.74, 6) is -4.77. The molecule has 1 aromatic rings. The molecule has 216 valence electrons. The number of anilines is 1. The smallest absolute Gasteiger partial charge is 0.332 e. The Morgan fingerprint density at radius 1 is 1.08 bits per heavy atom. The van der Waals surface area contributed by atoms with Gasteiger partial charge < -0.3 is 30.0 Å². The van der Waals surface area contributed by atoms with Crippen molar-refractivity contribution >= 4 is 35.9 Å². The minimum atomic E-state index is -1.42. The number of unbranched alkanes of at least 4 members (excludes halogenated alkanes) is 2. The average Bonchev–Trinajstić information content (AvgIpc) is 2.90. The van der Waals surface area contributed by atoms with E-state index in [-0.39, 0.29) is 17.2 Å². The van der Waals surface area contributed by atoms with Gasteiger partial charge in [-0.1, -0.05) is 53.0 Å². The topological polar surface area (TPSA) is 157 Å². The number of cyclic esters (lactones) is 2. The Kier molecular flexibility index (Phi) is 11.7. The van der Waals surface area contributed by atoms with Crippen molar-refractivity contribution in [2.75, 3.05) is 5.32 Å². The maximum Gasteiger partial charge on any atom is 0.332 e. The van der Waals surface area contributed by atoms with E-state index in [9.17, 15) is 29.1 Å². The first-order valence-electron chi connectivity index (χ1n) is 13.4. The number of rotatable bonds is 11. The number of aromatic hydroxyl groups is 1. The van der Waals surface area contributed by atoms with Gasteiger partial charge in [-0.25, -0.2) is 4.79 Å². The van der Waals surface area contributed by atoms with Crippen molar-refractivity contribution < 1.29 is 43.3 Å². The van der Waals surface area contributed by atoms with Crippen LogP contribution in [0, 0.1) is 17.8 Å². The summed E-state index contributed by atoms with van der Waals surface area (Å²) < 4.78 is 17.0. The van der Waals surface area contributed by atoms with Crippen molar-refractivity contribution in [1.29, 1.82) is 0 Å². The SMILES string of the molecule is CCCCC[C@H]1C(=O)O[C@H](C)[C@H](NC(=O)c2cccc(NC=O)c2O)C(=O)O[C@@H](C)[C@@H]1OC(=O)[C@@H](C)C(C)C. The van der Waals surface area contributed by atoms with Crippen molar-refractivity contribution in [2.24, 2.45) is 17.8 Å². The number of ether oxygens (including phenoxy) is 3. The Balaban J connectivity index is 2.37. The molecule has 2 rings (SSSR count). The summed E-state index contributed by atoms with van der Waals surface area (Å²) >= 11 is 0. The van der Waals surface area contributed by atoms with Crippen LogP contribution in [0.5, 0.6) is 5.75 Å². The number of phenols is 1. The normalized spacial score (nSPS) is 24.3. The van der Waals surface area contributed by atoms with Crippen LogP contribution in [-0.2, 0) is 33.4 Å². The molecule has 0 bridgehead atoms. The van der Waals surface area contributed by atoms with Crippen molar-refractivity contribution in [2.45, 2.75) is 91.6 Å². The molecule has 3 N–H and O–H groups in total. The molecule has 0 saturated carbocycles. The standard InChI is InChI=1S/C28H40N2O9/c1-7-8-9-11-20-24(39-26(34)16(4)15(2)3)18(6)38-28(36)22(17(5)37-27(20)35)30-25(33)19-12-10-13-21(23(19)32)29-14-31/h10,12-18,20,22,24,32H,7-9,11H2,1-6H3,(H,29,31)(H,30,33)/t16-,17+,18-,20+,22-,24-/m0/s1. The number of esters is 3. The Morgan fingerprint density at radius 2 is 1.74 bits per heavy atom. The third-order valence-corrected chi connectivity index (χ3v) is 7.01. The zero-order valence-electron chi connectivity index (χ0n) is 23.4. The summed E-state index contributed by atoms with van der Waals surface area (Å²) in [5, 5.41) is 15.1. The van der Waals surface area contributed by atoms with Gasteiger partial charge in [-0.3, -0.25) is 19.2 Å². The molecular formula is C28H40N2O9. The Bertz CT molecular complexity index is 1040. The number of hydrogen-bond acceptors (Lipinski definition) is 9. The number of nitrogens with one attached hydrogen (secondary N) is 2. The first kappa shape index (κ1) is 31.6. The highest BCUT2D eigenvalue weighted by atomic mass is 16.6. The summed E-state index contributed by atoms with van der Waals surface area (Å²) in [5.41, 5.74) is -0.217. The molecule has 39 heavy (non-hydrogen) atoms. The zero-order valence-corrected chi connectivity index (χ0v) is 23.4. The van der Waals surface area contributed by atoms with Crippen LogP contribution < -0.4 is 10.6 Å². The van der Waals surface area contributed by atoms with Crippen LogP contribution in [0.3, 0.4) is 0 Å².